The van der Waals surface area contributed by atoms with E-state index >= 15 is 0 Å². The Morgan fingerprint density at radius 3 is 1.67 bits per heavy atom. The number of benzene rings is 1. The van der Waals surface area contributed by atoms with Crippen LogP contribution in [0.2, 0.25) is 0 Å². The van der Waals surface area contributed by atoms with Crippen LogP contribution < -0.4 is 21.9 Å². The highest BCUT2D eigenvalue weighted by atomic mass is 16.1. The molecule has 1 aromatic rings. The smallest absolute Gasteiger partial charge is 0.150 e. The molecule has 5 nitrogen and oxygen atoms in total. The monoisotopic (exact) mass is 340 g/mol. The molecular formula is C19H40N4O. The van der Waals surface area contributed by atoms with Gasteiger partial charge in [0.2, 0.25) is 0 Å². The number of hydrazine groups is 1. The summed E-state index contributed by atoms with van der Waals surface area (Å²) in [7, 11) is 7.05. The predicted octanol–water partition coefficient (Wildman–Crippen LogP) is 3.59. The van der Waals surface area contributed by atoms with E-state index in [1.165, 1.54) is 45.6 Å². The molecule has 0 unspecified atom stereocenters. The third-order valence-electron chi connectivity index (χ3n) is 3.02. The van der Waals surface area contributed by atoms with Crippen LogP contribution in [0.1, 0.15) is 62.7 Å². The Balaban J connectivity index is -0.000000287. The summed E-state index contributed by atoms with van der Waals surface area (Å²) in [4.78, 5) is 12.3. The van der Waals surface area contributed by atoms with Gasteiger partial charge < -0.3 is 10.6 Å². The summed E-state index contributed by atoms with van der Waals surface area (Å²) in [5.74, 6) is 4.60. The third-order valence-corrected chi connectivity index (χ3v) is 3.02. The van der Waals surface area contributed by atoms with Crippen LogP contribution in [0.4, 0.5) is 5.69 Å². The van der Waals surface area contributed by atoms with Crippen LogP contribution in [0.5, 0.6) is 0 Å². The van der Waals surface area contributed by atoms with Gasteiger partial charge in [0.1, 0.15) is 6.29 Å². The predicted molar refractivity (Wildman–Crippen MR) is 109 cm³/mol. The van der Waals surface area contributed by atoms with Gasteiger partial charge in [0.05, 0.1) is 0 Å². The van der Waals surface area contributed by atoms with Crippen LogP contribution in [-0.4, -0.2) is 34.5 Å². The molecule has 5 heteroatoms. The van der Waals surface area contributed by atoms with E-state index in [0.29, 0.717) is 0 Å². The fourth-order valence-corrected chi connectivity index (χ4v) is 1.94. The highest BCUT2D eigenvalue weighted by Crippen LogP contribution is 2.15. The van der Waals surface area contributed by atoms with Gasteiger partial charge in [-0.1, -0.05) is 64.5 Å². The number of nitrogens with one attached hydrogen (secondary N) is 1. The summed E-state index contributed by atoms with van der Waals surface area (Å²) >= 11 is 0. The molecule has 1 fully saturated rings. The largest absolute Gasteiger partial charge is 0.378 e. The van der Waals surface area contributed by atoms with Crippen LogP contribution in [0.15, 0.2) is 24.3 Å². The van der Waals surface area contributed by atoms with Gasteiger partial charge in [-0.2, -0.15) is 0 Å². The van der Waals surface area contributed by atoms with E-state index in [0.717, 1.165) is 17.5 Å². The topological polar surface area (TPSA) is 84.4 Å². The highest BCUT2D eigenvalue weighted by molar-refractivity contribution is 5.76. The van der Waals surface area contributed by atoms with Crippen molar-refractivity contribution in [2.24, 2.45) is 11.6 Å². The fraction of sp³-hybridized carbons (Fsp3) is 0.632. The number of rotatable bonds is 2. The average Bonchev–Trinajstić information content (AvgIpc) is 2.67. The highest BCUT2D eigenvalue weighted by Gasteiger charge is 1.95. The minimum absolute atomic E-state index is 0.719. The summed E-state index contributed by atoms with van der Waals surface area (Å²) in [6, 6.07) is 7.49. The summed E-state index contributed by atoms with van der Waals surface area (Å²) in [5, 5.41) is 0. The number of anilines is 1. The van der Waals surface area contributed by atoms with Gasteiger partial charge in [0, 0.05) is 25.3 Å². The van der Waals surface area contributed by atoms with E-state index in [9.17, 15) is 4.79 Å². The summed E-state index contributed by atoms with van der Waals surface area (Å²) < 4.78 is 0. The fourth-order valence-electron chi connectivity index (χ4n) is 1.94. The Kier molecular flexibility index (Phi) is 27.2. The number of hydrogen-bond donors (Lipinski definition) is 3. The first-order valence-corrected chi connectivity index (χ1v) is 8.83. The number of aldehydes is 1. The number of nitrogens with zero attached hydrogens (tertiary/aromatic N) is 1. The molecule has 1 aromatic carbocycles. The van der Waals surface area contributed by atoms with Crippen molar-refractivity contribution in [3.63, 3.8) is 0 Å². The standard InChI is InChI=1S/C9H11NO.C6H12.C2H6.CH6N2.CH5N/c1-10(2)9-5-3-4-8(6-9)7-11;1-2-4-6-5-3-1;1-2;1-3-2;1-2/h3-7H,1-2H3;1-6H2;1-2H3;3H,2H2,1H3;2H2,1H3. The van der Waals surface area contributed by atoms with Crippen molar-refractivity contribution in [2.45, 2.75) is 52.4 Å². The Labute approximate surface area is 149 Å². The molecule has 0 aromatic heterocycles. The van der Waals surface area contributed by atoms with Crippen molar-refractivity contribution in [1.82, 2.24) is 5.43 Å². The summed E-state index contributed by atoms with van der Waals surface area (Å²) in [6.45, 7) is 4.00. The molecule has 24 heavy (non-hydrogen) atoms. The molecule has 0 radical (unpaired) electrons. The number of carbonyl (C=O) groups is 1. The lowest BCUT2D eigenvalue weighted by atomic mass is 10.0. The van der Waals surface area contributed by atoms with Crippen molar-refractivity contribution in [3.8, 4) is 0 Å². The van der Waals surface area contributed by atoms with E-state index in [4.69, 9.17) is 0 Å². The minimum atomic E-state index is 0.719. The normalized spacial score (nSPS) is 11.5. The van der Waals surface area contributed by atoms with Gasteiger partial charge in [-0.25, -0.2) is 0 Å². The van der Waals surface area contributed by atoms with Crippen molar-refractivity contribution in [1.29, 1.82) is 0 Å². The van der Waals surface area contributed by atoms with Gasteiger partial charge in [0.15, 0.2) is 0 Å². The van der Waals surface area contributed by atoms with E-state index in [-0.39, 0.29) is 0 Å². The molecule has 1 aliphatic carbocycles. The first-order valence-electron chi connectivity index (χ1n) is 8.83. The average molecular weight is 341 g/mol. The van der Waals surface area contributed by atoms with Gasteiger partial charge in [-0.3, -0.25) is 16.1 Å². The van der Waals surface area contributed by atoms with E-state index < -0.39 is 0 Å². The van der Waals surface area contributed by atoms with Gasteiger partial charge in [0.25, 0.3) is 0 Å². The van der Waals surface area contributed by atoms with Crippen molar-refractivity contribution >= 4 is 12.0 Å². The first-order chi connectivity index (χ1) is 11.7. The molecular weight excluding hydrogens is 300 g/mol. The maximum atomic E-state index is 10.4. The maximum Gasteiger partial charge on any atom is 0.150 e. The number of carbonyl (C=O) groups excluding carboxylic acids is 1. The van der Waals surface area contributed by atoms with Crippen LogP contribution in [0, 0.1) is 0 Å². The molecule has 1 saturated carbocycles. The second-order valence-corrected chi connectivity index (χ2v) is 5.02. The molecule has 2 rings (SSSR count). The van der Waals surface area contributed by atoms with Gasteiger partial charge in [-0.15, -0.1) is 0 Å². The quantitative estimate of drug-likeness (QED) is 0.435. The second kappa shape index (κ2) is 23.8. The van der Waals surface area contributed by atoms with Crippen LogP contribution >= 0.6 is 0 Å². The molecule has 0 saturated heterocycles. The first kappa shape index (κ1) is 27.4. The van der Waals surface area contributed by atoms with Crippen molar-refractivity contribution < 1.29 is 4.79 Å². The number of nitrogens with two attached hydrogens (primary N) is 2. The van der Waals surface area contributed by atoms with Crippen LogP contribution in [0.3, 0.4) is 0 Å². The molecule has 0 aliphatic heterocycles. The lowest BCUT2D eigenvalue weighted by Gasteiger charge is -2.11. The minimum Gasteiger partial charge on any atom is -0.378 e. The molecule has 0 amide bonds. The van der Waals surface area contributed by atoms with Crippen LogP contribution in [0.25, 0.3) is 0 Å². The van der Waals surface area contributed by atoms with E-state index in [1.54, 1.807) is 13.1 Å². The van der Waals surface area contributed by atoms with Gasteiger partial charge in [-0.05, 0) is 26.2 Å². The second-order valence-electron chi connectivity index (χ2n) is 5.02. The SMILES string of the molecule is C1CCCCC1.CC.CN.CN(C)c1cccc(C=O)c1.CNN. The van der Waals surface area contributed by atoms with E-state index in [2.05, 4.69) is 17.0 Å². The Bertz CT molecular complexity index is 341. The molecule has 1 aliphatic rings. The van der Waals surface area contributed by atoms with Crippen molar-refractivity contribution in [3.05, 3.63) is 29.8 Å². The van der Waals surface area contributed by atoms with Crippen LogP contribution in [-0.2, 0) is 0 Å². The molecule has 0 bridgehead atoms. The lowest BCUT2D eigenvalue weighted by molar-refractivity contribution is 0.112. The molecule has 0 atom stereocenters. The lowest BCUT2D eigenvalue weighted by Crippen LogP contribution is -2.13. The number of hydrogen-bond acceptors (Lipinski definition) is 5. The van der Waals surface area contributed by atoms with Crippen molar-refractivity contribution in [2.75, 3.05) is 33.1 Å². The zero-order valence-electron chi connectivity index (χ0n) is 16.6. The molecule has 0 spiro atoms. The molecule has 0 heterocycles. The zero-order chi connectivity index (χ0) is 19.2. The third kappa shape index (κ3) is 18.6. The summed E-state index contributed by atoms with van der Waals surface area (Å²) in [6.07, 6.45) is 9.85. The van der Waals surface area contributed by atoms with E-state index in [1.807, 2.05) is 51.0 Å². The maximum absolute atomic E-state index is 10.4. The molecule has 142 valence electrons. The van der Waals surface area contributed by atoms with Gasteiger partial charge >= 0.3 is 0 Å². The Hall–Kier alpha value is -1.43. The molecule has 5 N–H and O–H groups in total. The Morgan fingerprint density at radius 1 is 1.00 bits per heavy atom. The zero-order valence-corrected chi connectivity index (χ0v) is 16.6. The Morgan fingerprint density at radius 2 is 1.38 bits per heavy atom. The summed E-state index contributed by atoms with van der Waals surface area (Å²) in [5.41, 5.74) is 8.52.